The summed E-state index contributed by atoms with van der Waals surface area (Å²) in [7, 11) is 0. The molecule has 2 amide bonds. The zero-order valence-electron chi connectivity index (χ0n) is 9.30. The van der Waals surface area contributed by atoms with Gasteiger partial charge in [-0.1, -0.05) is 0 Å². The third-order valence-corrected chi connectivity index (χ3v) is 2.88. The Labute approximate surface area is 98.6 Å². The number of carbonyl (C=O) groups is 2. The van der Waals surface area contributed by atoms with Crippen LogP contribution in [0.3, 0.4) is 0 Å². The Kier molecular flexibility index (Phi) is 2.95. The van der Waals surface area contributed by atoms with Gasteiger partial charge in [0.25, 0.3) is 5.91 Å². The van der Waals surface area contributed by atoms with E-state index in [1.54, 1.807) is 12.1 Å². The van der Waals surface area contributed by atoms with Gasteiger partial charge >= 0.3 is 0 Å². The molecule has 0 spiro atoms. The molecule has 0 aliphatic carbocycles. The fraction of sp³-hybridized carbons (Fsp3) is 0.364. The van der Waals surface area contributed by atoms with Crippen molar-refractivity contribution in [3.8, 4) is 0 Å². The summed E-state index contributed by atoms with van der Waals surface area (Å²) in [5.41, 5.74) is 11.4. The molecule has 17 heavy (non-hydrogen) atoms. The van der Waals surface area contributed by atoms with Crippen molar-refractivity contribution in [1.29, 1.82) is 0 Å². The number of likely N-dealkylation sites (tertiary alicyclic amines) is 1. The summed E-state index contributed by atoms with van der Waals surface area (Å²) in [6.45, 7) is 0.516. The largest absolute Gasteiger partial charge is 0.397 e. The Morgan fingerprint density at radius 1 is 1.47 bits per heavy atom. The lowest BCUT2D eigenvalue weighted by Crippen LogP contribution is -2.44. The van der Waals surface area contributed by atoms with Gasteiger partial charge in [-0.15, -0.1) is 0 Å². The number of nitrogens with two attached hydrogens (primary N) is 2. The molecule has 0 radical (unpaired) electrons. The van der Waals surface area contributed by atoms with E-state index in [2.05, 4.69) is 4.98 Å². The van der Waals surface area contributed by atoms with Crippen LogP contribution in [0, 0.1) is 0 Å². The van der Waals surface area contributed by atoms with Crippen molar-refractivity contribution in [2.75, 3.05) is 12.3 Å². The van der Waals surface area contributed by atoms with Crippen molar-refractivity contribution in [3.63, 3.8) is 0 Å². The second kappa shape index (κ2) is 4.40. The summed E-state index contributed by atoms with van der Waals surface area (Å²) in [6.07, 6.45) is 2.87. The van der Waals surface area contributed by atoms with Crippen molar-refractivity contribution in [2.45, 2.75) is 18.9 Å². The smallest absolute Gasteiger partial charge is 0.275 e. The normalized spacial score (nSPS) is 19.3. The molecule has 1 aliphatic heterocycles. The first-order valence-electron chi connectivity index (χ1n) is 5.42. The minimum Gasteiger partial charge on any atom is -0.397 e. The second-order valence-electron chi connectivity index (χ2n) is 4.00. The predicted molar refractivity (Wildman–Crippen MR) is 61.9 cm³/mol. The molecule has 1 aromatic heterocycles. The van der Waals surface area contributed by atoms with Crippen molar-refractivity contribution < 1.29 is 9.59 Å². The van der Waals surface area contributed by atoms with E-state index in [-0.39, 0.29) is 11.6 Å². The van der Waals surface area contributed by atoms with Crippen LogP contribution in [0.15, 0.2) is 18.3 Å². The topological polar surface area (TPSA) is 102 Å². The van der Waals surface area contributed by atoms with E-state index in [1.807, 2.05) is 0 Å². The standard InChI is InChI=1S/C11H14N4O2/c12-7-3-1-5-14-9(7)11(17)15-6-2-4-8(15)10(13)16/h1,3,5,8H,2,4,6,12H2,(H2,13,16). The molecule has 4 N–H and O–H groups in total. The van der Waals surface area contributed by atoms with Gasteiger partial charge in [-0.2, -0.15) is 0 Å². The third kappa shape index (κ3) is 2.06. The molecular formula is C11H14N4O2. The molecule has 1 atom stereocenters. The number of hydrogen-bond donors (Lipinski definition) is 2. The summed E-state index contributed by atoms with van der Waals surface area (Å²) in [6, 6.07) is 2.72. The van der Waals surface area contributed by atoms with Gasteiger partial charge in [-0.3, -0.25) is 9.59 Å². The Hall–Kier alpha value is -2.11. The Morgan fingerprint density at radius 2 is 2.24 bits per heavy atom. The summed E-state index contributed by atoms with van der Waals surface area (Å²) in [5.74, 6) is -0.810. The lowest BCUT2D eigenvalue weighted by Gasteiger charge is -2.22. The van der Waals surface area contributed by atoms with Crippen LogP contribution in [0.2, 0.25) is 0 Å². The van der Waals surface area contributed by atoms with Crippen molar-refractivity contribution >= 4 is 17.5 Å². The van der Waals surface area contributed by atoms with Crippen molar-refractivity contribution in [2.24, 2.45) is 5.73 Å². The molecule has 0 saturated carbocycles. The lowest BCUT2D eigenvalue weighted by atomic mass is 10.2. The number of primary amides is 1. The number of hydrogen-bond acceptors (Lipinski definition) is 4. The van der Waals surface area contributed by atoms with Gasteiger partial charge in [0.05, 0.1) is 5.69 Å². The fourth-order valence-corrected chi connectivity index (χ4v) is 2.04. The average molecular weight is 234 g/mol. The quantitative estimate of drug-likeness (QED) is 0.736. The van der Waals surface area contributed by atoms with Gasteiger partial charge in [0.2, 0.25) is 5.91 Å². The van der Waals surface area contributed by atoms with Crippen LogP contribution in [0.1, 0.15) is 23.3 Å². The molecule has 90 valence electrons. The highest BCUT2D eigenvalue weighted by molar-refractivity contribution is 5.99. The van der Waals surface area contributed by atoms with Crippen LogP contribution in [0.4, 0.5) is 5.69 Å². The first-order chi connectivity index (χ1) is 8.11. The SMILES string of the molecule is NC(=O)C1CCCN1C(=O)c1ncccc1N. The zero-order chi connectivity index (χ0) is 12.4. The maximum Gasteiger partial charge on any atom is 0.275 e. The van der Waals surface area contributed by atoms with Gasteiger partial charge < -0.3 is 16.4 Å². The molecular weight excluding hydrogens is 220 g/mol. The van der Waals surface area contributed by atoms with Crippen LogP contribution >= 0.6 is 0 Å². The lowest BCUT2D eigenvalue weighted by molar-refractivity contribution is -0.121. The number of carbonyl (C=O) groups excluding carboxylic acids is 2. The summed E-state index contributed by atoms with van der Waals surface area (Å²) in [4.78, 5) is 28.8. The van der Waals surface area contributed by atoms with E-state index >= 15 is 0 Å². The Balaban J connectivity index is 2.26. The number of amides is 2. The molecule has 1 saturated heterocycles. The van der Waals surface area contributed by atoms with Crippen LogP contribution < -0.4 is 11.5 Å². The number of rotatable bonds is 2. The molecule has 6 heteroatoms. The Morgan fingerprint density at radius 3 is 2.88 bits per heavy atom. The molecule has 2 heterocycles. The highest BCUT2D eigenvalue weighted by atomic mass is 16.2. The molecule has 0 bridgehead atoms. The first-order valence-corrected chi connectivity index (χ1v) is 5.42. The molecule has 2 rings (SSSR count). The highest BCUT2D eigenvalue weighted by Gasteiger charge is 2.34. The predicted octanol–water partition coefficient (Wildman–Crippen LogP) is -0.246. The van der Waals surface area contributed by atoms with Gasteiger partial charge in [0, 0.05) is 12.7 Å². The molecule has 1 fully saturated rings. The zero-order valence-corrected chi connectivity index (χ0v) is 9.30. The average Bonchev–Trinajstić information content (AvgIpc) is 2.77. The van der Waals surface area contributed by atoms with Gasteiger partial charge in [0.1, 0.15) is 6.04 Å². The molecule has 6 nitrogen and oxygen atoms in total. The molecule has 1 unspecified atom stereocenters. The fourth-order valence-electron chi connectivity index (χ4n) is 2.04. The second-order valence-corrected chi connectivity index (χ2v) is 4.00. The number of aromatic nitrogens is 1. The summed E-state index contributed by atoms with van der Waals surface area (Å²) in [5, 5.41) is 0. The minimum absolute atomic E-state index is 0.181. The van der Waals surface area contributed by atoms with Crippen LogP contribution in [0.5, 0.6) is 0 Å². The van der Waals surface area contributed by atoms with Crippen molar-refractivity contribution in [3.05, 3.63) is 24.0 Å². The van der Waals surface area contributed by atoms with E-state index in [0.29, 0.717) is 18.7 Å². The van der Waals surface area contributed by atoms with Gasteiger partial charge in [0.15, 0.2) is 5.69 Å². The number of nitrogen functional groups attached to an aromatic ring is 1. The summed E-state index contributed by atoms with van der Waals surface area (Å²) >= 11 is 0. The third-order valence-electron chi connectivity index (χ3n) is 2.88. The van der Waals surface area contributed by atoms with E-state index in [9.17, 15) is 9.59 Å². The first kappa shape index (κ1) is 11.4. The van der Waals surface area contributed by atoms with E-state index in [4.69, 9.17) is 11.5 Å². The van der Waals surface area contributed by atoms with E-state index < -0.39 is 11.9 Å². The maximum absolute atomic E-state index is 12.2. The molecule has 1 aromatic rings. The molecule has 0 aromatic carbocycles. The summed E-state index contributed by atoms with van der Waals surface area (Å²) < 4.78 is 0. The van der Waals surface area contributed by atoms with E-state index in [1.165, 1.54) is 11.1 Å². The van der Waals surface area contributed by atoms with Crippen LogP contribution in [0.25, 0.3) is 0 Å². The maximum atomic E-state index is 12.2. The van der Waals surface area contributed by atoms with E-state index in [0.717, 1.165) is 6.42 Å². The van der Waals surface area contributed by atoms with Crippen molar-refractivity contribution in [1.82, 2.24) is 9.88 Å². The van der Waals surface area contributed by atoms with Gasteiger partial charge in [-0.05, 0) is 25.0 Å². The number of nitrogens with zero attached hydrogens (tertiary/aromatic N) is 2. The minimum atomic E-state index is -0.538. The number of pyridine rings is 1. The number of anilines is 1. The Bertz CT molecular complexity index is 461. The highest BCUT2D eigenvalue weighted by Crippen LogP contribution is 2.21. The monoisotopic (exact) mass is 234 g/mol. The van der Waals surface area contributed by atoms with Crippen LogP contribution in [-0.2, 0) is 4.79 Å². The van der Waals surface area contributed by atoms with Crippen LogP contribution in [-0.4, -0.2) is 34.3 Å². The molecule has 1 aliphatic rings. The van der Waals surface area contributed by atoms with Gasteiger partial charge in [-0.25, -0.2) is 4.98 Å².